The third-order valence-electron chi connectivity index (χ3n) is 3.47. The van der Waals surface area contributed by atoms with Gasteiger partial charge in [-0.25, -0.2) is 4.98 Å². The fraction of sp³-hybridized carbons (Fsp3) is 0.188. The minimum atomic E-state index is -4.57. The minimum absolute atomic E-state index is 0.187. The molecule has 3 rings (SSSR count). The van der Waals surface area contributed by atoms with E-state index in [1.165, 1.54) is 0 Å². The zero-order chi connectivity index (χ0) is 19.6. The molecule has 2 aromatic heterocycles. The molecule has 0 saturated heterocycles. The lowest BCUT2D eigenvalue weighted by molar-refractivity contribution is -0.137. The van der Waals surface area contributed by atoms with Crippen LogP contribution < -0.4 is 5.32 Å². The normalized spacial score (nSPS) is 11.4. The van der Waals surface area contributed by atoms with Gasteiger partial charge in [-0.3, -0.25) is 4.79 Å². The number of tetrazole rings is 1. The molecule has 140 valence electrons. The Hall–Kier alpha value is -3.01. The molecule has 0 aliphatic carbocycles. The molecule has 7 nitrogen and oxygen atoms in total. The van der Waals surface area contributed by atoms with Crippen molar-refractivity contribution in [2.24, 2.45) is 0 Å². The molecule has 1 N–H and O–H groups in total. The van der Waals surface area contributed by atoms with Crippen molar-refractivity contribution in [1.82, 2.24) is 25.2 Å². The van der Waals surface area contributed by atoms with Crippen LogP contribution in [0.1, 0.15) is 11.1 Å². The van der Waals surface area contributed by atoms with Gasteiger partial charge in [0, 0.05) is 11.8 Å². The van der Waals surface area contributed by atoms with Gasteiger partial charge in [0.25, 0.3) is 0 Å². The summed E-state index contributed by atoms with van der Waals surface area (Å²) in [5, 5.41) is 13.7. The number of halogens is 4. The van der Waals surface area contributed by atoms with Gasteiger partial charge in [0.15, 0.2) is 5.82 Å². The van der Waals surface area contributed by atoms with E-state index < -0.39 is 17.6 Å². The van der Waals surface area contributed by atoms with E-state index in [0.717, 1.165) is 15.9 Å². The summed E-state index contributed by atoms with van der Waals surface area (Å²) in [5.41, 5.74) is 0.803. The summed E-state index contributed by atoms with van der Waals surface area (Å²) in [6.07, 6.45) is -3.99. The topological polar surface area (TPSA) is 85.6 Å². The number of aryl methyl sites for hydroxylation is 1. The maximum atomic E-state index is 12.6. The molecule has 1 amide bonds. The Morgan fingerprint density at radius 3 is 2.59 bits per heavy atom. The Kier molecular flexibility index (Phi) is 5.08. The SMILES string of the molecule is Cc1ccc(-c2nnn(CC(=O)Nc3ncc(C(F)(F)F)cc3Cl)n2)cc1. The molecular formula is C16H12ClF3N6O. The molecule has 11 heteroatoms. The molecule has 1 aromatic carbocycles. The van der Waals surface area contributed by atoms with Crippen LogP contribution in [0.3, 0.4) is 0 Å². The number of nitrogens with zero attached hydrogens (tertiary/aromatic N) is 5. The van der Waals surface area contributed by atoms with E-state index in [-0.39, 0.29) is 17.4 Å². The molecule has 0 radical (unpaired) electrons. The fourth-order valence-corrected chi connectivity index (χ4v) is 2.33. The average molecular weight is 397 g/mol. The van der Waals surface area contributed by atoms with E-state index in [1.54, 1.807) is 0 Å². The summed E-state index contributed by atoms with van der Waals surface area (Å²) >= 11 is 5.75. The monoisotopic (exact) mass is 396 g/mol. The van der Waals surface area contributed by atoms with E-state index in [1.807, 2.05) is 31.2 Å². The van der Waals surface area contributed by atoms with E-state index in [0.29, 0.717) is 18.1 Å². The van der Waals surface area contributed by atoms with Crippen LogP contribution in [0.15, 0.2) is 36.5 Å². The summed E-state index contributed by atoms with van der Waals surface area (Å²) in [4.78, 5) is 16.6. The number of carbonyl (C=O) groups is 1. The second-order valence-electron chi connectivity index (χ2n) is 5.61. The number of pyridine rings is 1. The van der Waals surface area contributed by atoms with Crippen molar-refractivity contribution >= 4 is 23.3 Å². The van der Waals surface area contributed by atoms with Gasteiger partial charge in [0.05, 0.1) is 10.6 Å². The van der Waals surface area contributed by atoms with Crippen molar-refractivity contribution < 1.29 is 18.0 Å². The number of anilines is 1. The van der Waals surface area contributed by atoms with Gasteiger partial charge in [-0.15, -0.1) is 10.2 Å². The molecule has 0 atom stereocenters. The Balaban J connectivity index is 1.67. The van der Waals surface area contributed by atoms with Crippen molar-refractivity contribution in [2.45, 2.75) is 19.6 Å². The quantitative estimate of drug-likeness (QED) is 0.731. The second kappa shape index (κ2) is 7.31. The van der Waals surface area contributed by atoms with Crippen LogP contribution in [0.2, 0.25) is 5.02 Å². The molecule has 0 bridgehead atoms. The Bertz CT molecular complexity index is 971. The van der Waals surface area contributed by atoms with Crippen LogP contribution in [-0.4, -0.2) is 31.1 Å². The highest BCUT2D eigenvalue weighted by Crippen LogP contribution is 2.32. The number of hydrogen-bond donors (Lipinski definition) is 1. The second-order valence-corrected chi connectivity index (χ2v) is 6.02. The van der Waals surface area contributed by atoms with E-state index in [9.17, 15) is 18.0 Å². The first-order valence-electron chi connectivity index (χ1n) is 7.60. The predicted molar refractivity (Wildman–Crippen MR) is 90.9 cm³/mol. The van der Waals surface area contributed by atoms with Crippen LogP contribution in [-0.2, 0) is 17.5 Å². The Morgan fingerprint density at radius 1 is 1.26 bits per heavy atom. The smallest absolute Gasteiger partial charge is 0.308 e. The molecule has 0 aliphatic heterocycles. The minimum Gasteiger partial charge on any atom is -0.308 e. The molecule has 0 saturated carbocycles. The lowest BCUT2D eigenvalue weighted by Crippen LogP contribution is -2.21. The molecule has 0 spiro atoms. The van der Waals surface area contributed by atoms with Crippen LogP contribution >= 0.6 is 11.6 Å². The molecule has 0 fully saturated rings. The van der Waals surface area contributed by atoms with E-state index in [2.05, 4.69) is 25.7 Å². The first-order chi connectivity index (χ1) is 12.7. The molecule has 27 heavy (non-hydrogen) atoms. The number of benzene rings is 1. The first-order valence-corrected chi connectivity index (χ1v) is 7.97. The van der Waals surface area contributed by atoms with Crippen LogP contribution in [0, 0.1) is 6.92 Å². The summed E-state index contributed by atoms with van der Waals surface area (Å²) in [5.74, 6) is -0.459. The van der Waals surface area contributed by atoms with Gasteiger partial charge in [-0.05, 0) is 18.2 Å². The number of amides is 1. The maximum absolute atomic E-state index is 12.6. The standard InChI is InChI=1S/C16H12ClF3N6O/c1-9-2-4-10(5-3-9)14-23-25-26(24-14)8-13(27)22-15-12(17)6-11(7-21-15)16(18,19)20/h2-7H,8H2,1H3,(H,21,22,27). The first kappa shape index (κ1) is 18.8. The average Bonchev–Trinajstić information content (AvgIpc) is 3.04. The number of aromatic nitrogens is 5. The van der Waals surface area contributed by atoms with Crippen molar-refractivity contribution in [3.8, 4) is 11.4 Å². The molecule has 2 heterocycles. The van der Waals surface area contributed by atoms with Gasteiger partial charge in [0.2, 0.25) is 11.7 Å². The zero-order valence-corrected chi connectivity index (χ0v) is 14.6. The predicted octanol–water partition coefficient (Wildman–Crippen LogP) is 3.35. The Morgan fingerprint density at radius 2 is 1.96 bits per heavy atom. The van der Waals surface area contributed by atoms with Gasteiger partial charge in [-0.1, -0.05) is 41.4 Å². The maximum Gasteiger partial charge on any atom is 0.417 e. The van der Waals surface area contributed by atoms with Crippen LogP contribution in [0.4, 0.5) is 19.0 Å². The highest BCUT2D eigenvalue weighted by Gasteiger charge is 2.31. The van der Waals surface area contributed by atoms with Crippen molar-refractivity contribution in [3.05, 3.63) is 52.7 Å². The summed E-state index contributed by atoms with van der Waals surface area (Å²) < 4.78 is 37.8. The third-order valence-corrected chi connectivity index (χ3v) is 3.76. The van der Waals surface area contributed by atoms with E-state index >= 15 is 0 Å². The van der Waals surface area contributed by atoms with Crippen molar-refractivity contribution in [3.63, 3.8) is 0 Å². The number of nitrogens with one attached hydrogen (secondary N) is 1. The molecule has 0 aliphatic rings. The number of hydrogen-bond acceptors (Lipinski definition) is 5. The molecule has 0 unspecified atom stereocenters. The number of alkyl halides is 3. The summed E-state index contributed by atoms with van der Waals surface area (Å²) in [7, 11) is 0. The highest BCUT2D eigenvalue weighted by atomic mass is 35.5. The lowest BCUT2D eigenvalue weighted by Gasteiger charge is -2.09. The lowest BCUT2D eigenvalue weighted by atomic mass is 10.1. The summed E-state index contributed by atoms with van der Waals surface area (Å²) in [6, 6.07) is 8.11. The van der Waals surface area contributed by atoms with Crippen LogP contribution in [0.5, 0.6) is 0 Å². The van der Waals surface area contributed by atoms with Gasteiger partial charge >= 0.3 is 6.18 Å². The van der Waals surface area contributed by atoms with Gasteiger partial charge in [-0.2, -0.15) is 18.0 Å². The van der Waals surface area contributed by atoms with Crippen molar-refractivity contribution in [1.29, 1.82) is 0 Å². The number of rotatable bonds is 4. The zero-order valence-electron chi connectivity index (χ0n) is 13.8. The fourth-order valence-electron chi connectivity index (χ4n) is 2.11. The van der Waals surface area contributed by atoms with E-state index in [4.69, 9.17) is 11.6 Å². The molecule has 3 aromatic rings. The highest BCUT2D eigenvalue weighted by molar-refractivity contribution is 6.33. The van der Waals surface area contributed by atoms with Gasteiger partial charge < -0.3 is 5.32 Å². The number of carbonyl (C=O) groups excluding carboxylic acids is 1. The van der Waals surface area contributed by atoms with Crippen LogP contribution in [0.25, 0.3) is 11.4 Å². The molecular weight excluding hydrogens is 385 g/mol. The third kappa shape index (κ3) is 4.59. The summed E-state index contributed by atoms with van der Waals surface area (Å²) in [6.45, 7) is 1.64. The largest absolute Gasteiger partial charge is 0.417 e. The van der Waals surface area contributed by atoms with Crippen molar-refractivity contribution in [2.75, 3.05) is 5.32 Å². The Labute approximate surface area is 156 Å². The van der Waals surface area contributed by atoms with Gasteiger partial charge in [0.1, 0.15) is 6.54 Å².